The van der Waals surface area contributed by atoms with E-state index in [-0.39, 0.29) is 17.5 Å². The Kier molecular flexibility index (Phi) is 5.48. The van der Waals surface area contributed by atoms with Crippen LogP contribution in [0, 0.1) is 0 Å². The summed E-state index contributed by atoms with van der Waals surface area (Å²) in [5.74, 6) is 1.01. The fourth-order valence-corrected chi connectivity index (χ4v) is 3.35. The number of nitrogens with one attached hydrogen (secondary N) is 1. The first-order chi connectivity index (χ1) is 12.2. The van der Waals surface area contributed by atoms with E-state index in [4.69, 9.17) is 0 Å². The van der Waals surface area contributed by atoms with Crippen molar-refractivity contribution < 1.29 is 4.79 Å². The van der Waals surface area contributed by atoms with E-state index >= 15 is 0 Å². The summed E-state index contributed by atoms with van der Waals surface area (Å²) >= 11 is 0. The second kappa shape index (κ2) is 7.96. The molecule has 2 aromatic rings. The lowest BCUT2D eigenvalue weighted by Crippen LogP contribution is -2.39. The van der Waals surface area contributed by atoms with Gasteiger partial charge in [-0.1, -0.05) is 42.5 Å². The van der Waals surface area contributed by atoms with Gasteiger partial charge in [-0.05, 0) is 25.3 Å². The lowest BCUT2D eigenvalue weighted by Gasteiger charge is -2.32. The number of carbonyl (C=O) groups excluding carboxylic acids is 1. The van der Waals surface area contributed by atoms with Crippen LogP contribution < -0.4 is 5.69 Å². The van der Waals surface area contributed by atoms with E-state index in [1.165, 1.54) is 0 Å². The highest BCUT2D eigenvalue weighted by atomic mass is 16.2. The summed E-state index contributed by atoms with van der Waals surface area (Å²) in [6.07, 6.45) is 6.17. The van der Waals surface area contributed by atoms with Crippen molar-refractivity contribution in [2.75, 3.05) is 13.1 Å². The third-order valence-electron chi connectivity index (χ3n) is 4.65. The number of hydrogen-bond donors (Lipinski definition) is 1. The Morgan fingerprint density at radius 1 is 1.36 bits per heavy atom. The van der Waals surface area contributed by atoms with E-state index in [0.29, 0.717) is 19.5 Å². The van der Waals surface area contributed by atoms with E-state index in [1.54, 1.807) is 4.57 Å². The van der Waals surface area contributed by atoms with Gasteiger partial charge in [0.15, 0.2) is 0 Å². The van der Waals surface area contributed by atoms with Crippen molar-refractivity contribution in [3.8, 4) is 0 Å². The normalized spacial score (nSPS) is 18.0. The molecule has 1 aromatic carbocycles. The molecule has 1 saturated heterocycles. The Labute approximate surface area is 147 Å². The fraction of sp³-hybridized carbons (Fsp3) is 0.421. The number of hydrogen-bond acceptors (Lipinski definition) is 3. The first kappa shape index (κ1) is 17.2. The molecule has 132 valence electrons. The van der Waals surface area contributed by atoms with Gasteiger partial charge in [-0.3, -0.25) is 9.36 Å². The van der Waals surface area contributed by atoms with Crippen molar-refractivity contribution in [2.24, 2.45) is 0 Å². The van der Waals surface area contributed by atoms with Crippen molar-refractivity contribution >= 4 is 12.0 Å². The largest absolute Gasteiger partial charge is 0.343 e. The summed E-state index contributed by atoms with van der Waals surface area (Å²) in [5.41, 5.74) is 0.919. The molecule has 0 unspecified atom stereocenters. The van der Waals surface area contributed by atoms with E-state index in [0.717, 1.165) is 30.8 Å². The summed E-state index contributed by atoms with van der Waals surface area (Å²) in [4.78, 5) is 26.2. The molecule has 1 atom stereocenters. The zero-order valence-corrected chi connectivity index (χ0v) is 14.5. The van der Waals surface area contributed by atoms with Crippen LogP contribution >= 0.6 is 0 Å². The molecule has 1 aliphatic rings. The molecular weight excluding hydrogens is 316 g/mol. The van der Waals surface area contributed by atoms with Gasteiger partial charge in [0.25, 0.3) is 0 Å². The van der Waals surface area contributed by atoms with Crippen LogP contribution in [0.1, 0.15) is 43.5 Å². The highest BCUT2D eigenvalue weighted by Gasteiger charge is 2.27. The van der Waals surface area contributed by atoms with Gasteiger partial charge in [-0.15, -0.1) is 0 Å². The number of H-pyrrole nitrogens is 1. The van der Waals surface area contributed by atoms with E-state index in [9.17, 15) is 9.59 Å². The Bertz CT molecular complexity index is 791. The summed E-state index contributed by atoms with van der Waals surface area (Å²) < 4.78 is 1.66. The summed E-state index contributed by atoms with van der Waals surface area (Å²) in [6.45, 7) is 3.92. The van der Waals surface area contributed by atoms with E-state index in [2.05, 4.69) is 10.2 Å². The molecule has 0 radical (unpaired) electrons. The number of carbonyl (C=O) groups is 1. The van der Waals surface area contributed by atoms with Gasteiger partial charge in [0.2, 0.25) is 5.91 Å². The lowest BCUT2D eigenvalue weighted by molar-refractivity contribution is -0.131. The number of aromatic amines is 1. The van der Waals surface area contributed by atoms with Crippen LogP contribution in [0.15, 0.2) is 41.2 Å². The van der Waals surface area contributed by atoms with E-state index < -0.39 is 0 Å². The highest BCUT2D eigenvalue weighted by Crippen LogP contribution is 2.25. The monoisotopic (exact) mass is 340 g/mol. The van der Waals surface area contributed by atoms with Gasteiger partial charge in [-0.2, -0.15) is 5.10 Å². The molecular formula is C19H24N4O2. The van der Waals surface area contributed by atoms with Crippen LogP contribution in [-0.4, -0.2) is 38.7 Å². The summed E-state index contributed by atoms with van der Waals surface area (Å²) in [7, 11) is 0. The molecule has 0 bridgehead atoms. The van der Waals surface area contributed by atoms with Crippen LogP contribution in [0.4, 0.5) is 0 Å². The predicted molar refractivity (Wildman–Crippen MR) is 97.2 cm³/mol. The first-order valence-corrected chi connectivity index (χ1v) is 8.83. The predicted octanol–water partition coefficient (Wildman–Crippen LogP) is 2.40. The molecule has 0 saturated carbocycles. The number of likely N-dealkylation sites (tertiary alicyclic amines) is 1. The van der Waals surface area contributed by atoms with Gasteiger partial charge in [0, 0.05) is 32.0 Å². The van der Waals surface area contributed by atoms with Crippen molar-refractivity contribution in [2.45, 2.75) is 38.6 Å². The molecule has 1 aromatic heterocycles. The minimum atomic E-state index is -0.174. The Balaban J connectivity index is 1.62. The Morgan fingerprint density at radius 2 is 2.16 bits per heavy atom. The molecule has 0 spiro atoms. The van der Waals surface area contributed by atoms with Gasteiger partial charge in [0.1, 0.15) is 5.82 Å². The van der Waals surface area contributed by atoms with Crippen molar-refractivity contribution in [1.82, 2.24) is 19.7 Å². The number of piperidine rings is 1. The minimum Gasteiger partial charge on any atom is -0.342 e. The third-order valence-corrected chi connectivity index (χ3v) is 4.65. The maximum absolute atomic E-state index is 12.5. The minimum absolute atomic E-state index is 0.120. The van der Waals surface area contributed by atoms with Crippen LogP contribution in [0.5, 0.6) is 0 Å². The second-order valence-electron chi connectivity index (χ2n) is 6.33. The Hall–Kier alpha value is -2.63. The molecule has 0 aliphatic carbocycles. The quantitative estimate of drug-likeness (QED) is 0.908. The molecule has 25 heavy (non-hydrogen) atoms. The standard InChI is InChI=1S/C19H24N4O2/c1-2-23-18(20-21-19(23)25)16-11-7-13-22(14-16)17(24)12-6-10-15-8-4-3-5-9-15/h3-6,8-10,16H,2,7,11-14H2,1H3,(H,21,25)/b10-6+/t16-/m0/s1. The van der Waals surface area contributed by atoms with Crippen molar-refractivity contribution in [3.63, 3.8) is 0 Å². The van der Waals surface area contributed by atoms with Gasteiger partial charge in [-0.25, -0.2) is 9.89 Å². The van der Waals surface area contributed by atoms with Crippen molar-refractivity contribution in [3.05, 3.63) is 58.3 Å². The lowest BCUT2D eigenvalue weighted by atomic mass is 9.96. The first-order valence-electron chi connectivity index (χ1n) is 8.83. The van der Waals surface area contributed by atoms with Crippen LogP contribution in [0.25, 0.3) is 6.08 Å². The Morgan fingerprint density at radius 3 is 2.92 bits per heavy atom. The topological polar surface area (TPSA) is 71.0 Å². The number of amides is 1. The maximum Gasteiger partial charge on any atom is 0.343 e. The number of nitrogens with zero attached hydrogens (tertiary/aromatic N) is 3. The van der Waals surface area contributed by atoms with Gasteiger partial charge < -0.3 is 4.90 Å². The summed E-state index contributed by atoms with van der Waals surface area (Å²) in [6, 6.07) is 9.96. The molecule has 6 nitrogen and oxygen atoms in total. The molecule has 6 heteroatoms. The number of benzene rings is 1. The smallest absolute Gasteiger partial charge is 0.342 e. The van der Waals surface area contributed by atoms with Gasteiger partial charge >= 0.3 is 5.69 Å². The van der Waals surface area contributed by atoms with E-state index in [1.807, 2.05) is 54.3 Å². The number of rotatable bonds is 5. The molecule has 1 aliphatic heterocycles. The zero-order valence-electron chi connectivity index (χ0n) is 14.5. The highest BCUT2D eigenvalue weighted by molar-refractivity contribution is 5.78. The molecule has 1 fully saturated rings. The van der Waals surface area contributed by atoms with Crippen LogP contribution in [-0.2, 0) is 11.3 Å². The molecule has 2 heterocycles. The van der Waals surface area contributed by atoms with Crippen LogP contribution in [0.3, 0.4) is 0 Å². The van der Waals surface area contributed by atoms with Gasteiger partial charge in [0.05, 0.1) is 0 Å². The average molecular weight is 340 g/mol. The third kappa shape index (κ3) is 4.07. The average Bonchev–Trinajstić information content (AvgIpc) is 3.03. The van der Waals surface area contributed by atoms with Crippen LogP contribution in [0.2, 0.25) is 0 Å². The second-order valence-corrected chi connectivity index (χ2v) is 6.33. The molecule has 1 amide bonds. The fourth-order valence-electron chi connectivity index (χ4n) is 3.35. The number of aromatic nitrogens is 3. The van der Waals surface area contributed by atoms with Crippen molar-refractivity contribution in [1.29, 1.82) is 0 Å². The molecule has 3 rings (SSSR count). The molecule has 1 N–H and O–H groups in total. The maximum atomic E-state index is 12.5. The zero-order chi connectivity index (χ0) is 17.6. The SMILES string of the molecule is CCn1c([C@H]2CCCN(C(=O)C/C=C/c3ccccc3)C2)n[nH]c1=O. The summed E-state index contributed by atoms with van der Waals surface area (Å²) in [5, 5.41) is 6.70.